The number of allylic oxidation sites excluding steroid dienone is 4. The van der Waals surface area contributed by atoms with Crippen LogP contribution in [0.5, 0.6) is 11.5 Å². The summed E-state index contributed by atoms with van der Waals surface area (Å²) in [4.78, 5) is 40.4. The van der Waals surface area contributed by atoms with E-state index in [4.69, 9.17) is 14.2 Å². The molecule has 0 aromatic heterocycles. The van der Waals surface area contributed by atoms with Gasteiger partial charge in [0.25, 0.3) is 0 Å². The van der Waals surface area contributed by atoms with Crippen molar-refractivity contribution in [3.8, 4) is 11.5 Å². The molecular weight excluding hydrogens is 528 g/mol. The van der Waals surface area contributed by atoms with Crippen LogP contribution in [0.1, 0.15) is 108 Å². The first-order chi connectivity index (χ1) is 19.6. The quantitative estimate of drug-likeness (QED) is 0.268. The lowest BCUT2D eigenvalue weighted by molar-refractivity contribution is -0.120. The minimum atomic E-state index is -0.551. The van der Waals surface area contributed by atoms with Gasteiger partial charge < -0.3 is 14.2 Å². The fraction of sp³-hybridized carbons (Fsp3) is 0.472. The van der Waals surface area contributed by atoms with Crippen LogP contribution < -0.4 is 9.47 Å². The molecule has 222 valence electrons. The number of hydrogen-bond acceptors (Lipinski definition) is 6. The van der Waals surface area contributed by atoms with Crippen LogP contribution in [0.25, 0.3) is 0 Å². The zero-order chi connectivity index (χ0) is 30.6. The maximum absolute atomic E-state index is 13.6. The lowest BCUT2D eigenvalue weighted by Gasteiger charge is -2.42. The van der Waals surface area contributed by atoms with E-state index >= 15 is 0 Å². The Morgan fingerprint density at radius 1 is 0.833 bits per heavy atom. The predicted molar refractivity (Wildman–Crippen MR) is 162 cm³/mol. The van der Waals surface area contributed by atoms with Crippen molar-refractivity contribution in [3.63, 3.8) is 0 Å². The number of carbonyl (C=O) groups is 3. The van der Waals surface area contributed by atoms with Crippen molar-refractivity contribution in [2.45, 2.75) is 92.4 Å². The number of rotatable bonds is 5. The largest absolute Gasteiger partial charge is 0.490 e. The van der Waals surface area contributed by atoms with Crippen molar-refractivity contribution in [3.05, 3.63) is 81.8 Å². The lowest BCUT2D eigenvalue weighted by atomic mass is 9.65. The molecule has 0 spiro atoms. The Morgan fingerprint density at radius 3 is 1.88 bits per heavy atom. The average molecular weight is 571 g/mol. The van der Waals surface area contributed by atoms with Crippen molar-refractivity contribution >= 4 is 17.5 Å². The van der Waals surface area contributed by atoms with Crippen LogP contribution >= 0.6 is 0 Å². The van der Waals surface area contributed by atoms with Crippen LogP contribution in [0.2, 0.25) is 0 Å². The Morgan fingerprint density at radius 2 is 1.38 bits per heavy atom. The maximum atomic E-state index is 13.6. The molecule has 6 heteroatoms. The topological polar surface area (TPSA) is 78.9 Å². The summed E-state index contributed by atoms with van der Waals surface area (Å²) in [5.41, 5.74) is 2.95. The smallest absolute Gasteiger partial charge is 0.343 e. The van der Waals surface area contributed by atoms with Crippen LogP contribution in [0.15, 0.2) is 65.1 Å². The first-order valence-electron chi connectivity index (χ1n) is 14.9. The molecule has 0 N–H and O–H groups in total. The highest BCUT2D eigenvalue weighted by Gasteiger charge is 2.48. The fourth-order valence-electron chi connectivity index (χ4n) is 6.33. The summed E-state index contributed by atoms with van der Waals surface area (Å²) in [6, 6.07) is 12.8. The molecule has 0 bridgehead atoms. The monoisotopic (exact) mass is 570 g/mol. The molecule has 0 atom stereocenters. The van der Waals surface area contributed by atoms with E-state index in [0.29, 0.717) is 66.3 Å². The summed E-state index contributed by atoms with van der Waals surface area (Å²) in [6.45, 7) is 16.9. The second kappa shape index (κ2) is 10.6. The molecule has 2 aromatic rings. The second-order valence-electron chi connectivity index (χ2n) is 14.4. The maximum Gasteiger partial charge on any atom is 0.343 e. The van der Waals surface area contributed by atoms with Crippen molar-refractivity contribution in [2.24, 2.45) is 10.8 Å². The fourth-order valence-corrected chi connectivity index (χ4v) is 6.33. The Hall–Kier alpha value is -3.67. The number of benzene rings is 2. The molecule has 42 heavy (non-hydrogen) atoms. The molecule has 3 aliphatic rings. The number of ketones is 2. The highest BCUT2D eigenvalue weighted by atomic mass is 16.6. The number of ether oxygens (including phenoxy) is 3. The van der Waals surface area contributed by atoms with Crippen LogP contribution in [0.3, 0.4) is 0 Å². The van der Waals surface area contributed by atoms with Gasteiger partial charge in [-0.3, -0.25) is 9.59 Å². The Bertz CT molecular complexity index is 1460. The predicted octanol–water partition coefficient (Wildman–Crippen LogP) is 8.00. The van der Waals surface area contributed by atoms with E-state index < -0.39 is 11.9 Å². The van der Waals surface area contributed by atoms with Gasteiger partial charge in [0, 0.05) is 42.7 Å². The minimum Gasteiger partial charge on any atom is -0.490 e. The van der Waals surface area contributed by atoms with Crippen molar-refractivity contribution in [2.75, 3.05) is 6.61 Å². The van der Waals surface area contributed by atoms with Gasteiger partial charge in [-0.05, 0) is 58.6 Å². The van der Waals surface area contributed by atoms with Crippen LogP contribution in [0, 0.1) is 10.8 Å². The van der Waals surface area contributed by atoms with Gasteiger partial charge in [-0.2, -0.15) is 0 Å². The van der Waals surface area contributed by atoms with E-state index in [9.17, 15) is 14.4 Å². The summed E-state index contributed by atoms with van der Waals surface area (Å²) >= 11 is 0. The van der Waals surface area contributed by atoms with Gasteiger partial charge in [0.15, 0.2) is 23.1 Å². The number of hydrogen-bond donors (Lipinski definition) is 0. The molecule has 5 rings (SSSR count). The van der Waals surface area contributed by atoms with Crippen LogP contribution in [-0.4, -0.2) is 24.1 Å². The first kappa shape index (κ1) is 29.8. The Kier molecular flexibility index (Phi) is 7.49. The van der Waals surface area contributed by atoms with Gasteiger partial charge in [-0.25, -0.2) is 4.79 Å². The minimum absolute atomic E-state index is 0.00241. The highest BCUT2D eigenvalue weighted by molar-refractivity contribution is 6.06. The van der Waals surface area contributed by atoms with Crippen molar-refractivity contribution in [1.82, 2.24) is 0 Å². The molecular formula is C36H42O6. The molecule has 1 aliphatic heterocycles. The van der Waals surface area contributed by atoms with Crippen molar-refractivity contribution in [1.29, 1.82) is 0 Å². The van der Waals surface area contributed by atoms with Gasteiger partial charge in [-0.15, -0.1) is 0 Å². The van der Waals surface area contributed by atoms with Crippen LogP contribution in [-0.2, 0) is 19.7 Å². The van der Waals surface area contributed by atoms with Gasteiger partial charge in [0.05, 0.1) is 12.2 Å². The molecule has 6 nitrogen and oxygen atoms in total. The summed E-state index contributed by atoms with van der Waals surface area (Å²) in [6.07, 6.45) is 2.02. The molecule has 0 amide bonds. The van der Waals surface area contributed by atoms with E-state index in [1.165, 1.54) is 0 Å². The van der Waals surface area contributed by atoms with Crippen molar-refractivity contribution < 1.29 is 28.6 Å². The first-order valence-corrected chi connectivity index (χ1v) is 14.9. The summed E-state index contributed by atoms with van der Waals surface area (Å²) < 4.78 is 18.2. The standard InChI is InChI=1S/C36H42O6/c1-9-40-27-16-22(12-15-26(27)42-33(39)21-10-13-23(14-11-21)34(2,3)4)30-31-24(37)17-35(5,6)19-28(31)41-29-20-36(7,8)18-25(38)32(29)30/h10-16,30H,9,17-20H2,1-8H3. The molecule has 0 radical (unpaired) electrons. The van der Waals surface area contributed by atoms with E-state index in [-0.39, 0.29) is 33.6 Å². The van der Waals surface area contributed by atoms with E-state index in [0.717, 1.165) is 11.1 Å². The van der Waals surface area contributed by atoms with E-state index in [1.54, 1.807) is 24.3 Å². The summed E-state index contributed by atoms with van der Waals surface area (Å²) in [7, 11) is 0. The molecule has 0 saturated carbocycles. The van der Waals surface area contributed by atoms with E-state index in [1.807, 2.05) is 25.1 Å². The third-order valence-corrected chi connectivity index (χ3v) is 8.37. The zero-order valence-electron chi connectivity index (χ0n) is 26.1. The van der Waals surface area contributed by atoms with Crippen LogP contribution in [0.4, 0.5) is 0 Å². The SMILES string of the molecule is CCOc1cc(C2C3=C(CC(C)(C)CC3=O)OC3=C2C(=O)CC(C)(C)C3)ccc1OC(=O)c1ccc(C(C)(C)C)cc1. The Labute approximate surface area is 249 Å². The van der Waals surface area contributed by atoms with E-state index in [2.05, 4.69) is 48.5 Å². The molecule has 1 heterocycles. The van der Waals surface area contributed by atoms with Gasteiger partial charge in [0.1, 0.15) is 11.5 Å². The molecule has 2 aromatic carbocycles. The second-order valence-corrected chi connectivity index (χ2v) is 14.4. The van der Waals surface area contributed by atoms with Gasteiger partial charge in [0.2, 0.25) is 0 Å². The number of Topliss-reactive ketones (excluding diaryl/α,β-unsaturated/α-hetero) is 2. The number of carbonyl (C=O) groups excluding carboxylic acids is 3. The third kappa shape index (κ3) is 5.81. The normalized spacial score (nSPS) is 20.1. The molecule has 0 saturated heterocycles. The van der Waals surface area contributed by atoms with Gasteiger partial charge in [-0.1, -0.05) is 66.7 Å². The summed E-state index contributed by atoms with van der Waals surface area (Å²) in [5, 5.41) is 0. The molecule has 0 unspecified atom stereocenters. The number of esters is 1. The molecule has 2 aliphatic carbocycles. The third-order valence-electron chi connectivity index (χ3n) is 8.37. The Balaban J connectivity index is 1.54. The lowest BCUT2D eigenvalue weighted by Crippen LogP contribution is -2.37. The average Bonchev–Trinajstić information content (AvgIpc) is 2.86. The zero-order valence-corrected chi connectivity index (χ0v) is 26.1. The highest BCUT2D eigenvalue weighted by Crippen LogP contribution is 2.53. The molecule has 0 fully saturated rings. The summed E-state index contributed by atoms with van der Waals surface area (Å²) in [5.74, 6) is 0.968. The van der Waals surface area contributed by atoms with Gasteiger partial charge >= 0.3 is 5.97 Å².